The van der Waals surface area contributed by atoms with Crippen LogP contribution in [0, 0.1) is 5.82 Å². The first-order chi connectivity index (χ1) is 8.83. The van der Waals surface area contributed by atoms with Crippen molar-refractivity contribution in [2.75, 3.05) is 0 Å². The first-order valence-corrected chi connectivity index (χ1v) is 5.47. The highest BCUT2D eigenvalue weighted by Gasteiger charge is 2.05. The average Bonchev–Trinajstić information content (AvgIpc) is 2.42. The van der Waals surface area contributed by atoms with Gasteiger partial charge in [0.05, 0.1) is 6.20 Å². The van der Waals surface area contributed by atoms with Crippen molar-refractivity contribution in [2.24, 2.45) is 0 Å². The summed E-state index contributed by atoms with van der Waals surface area (Å²) < 4.78 is 18.4. The van der Waals surface area contributed by atoms with Gasteiger partial charge in [-0.2, -0.15) is 5.10 Å². The van der Waals surface area contributed by atoms with Crippen molar-refractivity contribution in [3.05, 3.63) is 60.5 Å². The van der Waals surface area contributed by atoms with Crippen LogP contribution in [0.3, 0.4) is 0 Å². The zero-order chi connectivity index (χ0) is 12.4. The van der Waals surface area contributed by atoms with Crippen LogP contribution in [0.4, 0.5) is 4.39 Å². The van der Waals surface area contributed by atoms with E-state index in [1.54, 1.807) is 18.3 Å². The van der Waals surface area contributed by atoms with Gasteiger partial charge in [-0.3, -0.25) is 0 Å². The molecule has 0 N–H and O–H groups in total. The van der Waals surface area contributed by atoms with Crippen LogP contribution in [0.15, 0.2) is 54.7 Å². The summed E-state index contributed by atoms with van der Waals surface area (Å²) in [5, 5.41) is 9.66. The maximum atomic E-state index is 12.8. The smallest absolute Gasteiger partial charge is 0.246 e. The van der Waals surface area contributed by atoms with Crippen molar-refractivity contribution in [3.63, 3.8) is 0 Å². The number of benzene rings is 2. The summed E-state index contributed by atoms with van der Waals surface area (Å²) in [4.78, 5) is 0. The Morgan fingerprint density at radius 3 is 2.56 bits per heavy atom. The zero-order valence-corrected chi connectivity index (χ0v) is 9.38. The molecule has 18 heavy (non-hydrogen) atoms. The molecule has 3 aromatic rings. The molecule has 0 saturated heterocycles. The largest absolute Gasteiger partial charge is 0.437 e. The molecule has 0 spiro atoms. The van der Waals surface area contributed by atoms with Crippen molar-refractivity contribution < 1.29 is 9.13 Å². The number of nitrogens with zero attached hydrogens (tertiary/aromatic N) is 2. The highest BCUT2D eigenvalue weighted by Crippen LogP contribution is 2.26. The van der Waals surface area contributed by atoms with Crippen molar-refractivity contribution in [2.45, 2.75) is 0 Å². The molecule has 3 rings (SSSR count). The van der Waals surface area contributed by atoms with E-state index in [9.17, 15) is 4.39 Å². The SMILES string of the molecule is Fc1ccc(Oc2nncc3ccccc23)cc1. The first-order valence-electron chi connectivity index (χ1n) is 5.47. The molecule has 0 bridgehead atoms. The van der Waals surface area contributed by atoms with Crippen LogP contribution < -0.4 is 4.74 Å². The van der Waals surface area contributed by atoms with Crippen molar-refractivity contribution in [1.82, 2.24) is 10.2 Å². The fraction of sp³-hybridized carbons (Fsp3) is 0. The minimum atomic E-state index is -0.300. The first kappa shape index (κ1) is 10.7. The van der Waals surface area contributed by atoms with E-state index in [2.05, 4.69) is 10.2 Å². The van der Waals surface area contributed by atoms with Gasteiger partial charge in [-0.15, -0.1) is 5.10 Å². The summed E-state index contributed by atoms with van der Waals surface area (Å²) in [7, 11) is 0. The molecular weight excluding hydrogens is 231 g/mol. The third kappa shape index (κ3) is 2.00. The summed E-state index contributed by atoms with van der Waals surface area (Å²) in [5.41, 5.74) is 0. The van der Waals surface area contributed by atoms with E-state index in [-0.39, 0.29) is 5.82 Å². The summed E-state index contributed by atoms with van der Waals surface area (Å²) >= 11 is 0. The van der Waals surface area contributed by atoms with E-state index in [1.165, 1.54) is 12.1 Å². The Hall–Kier alpha value is -2.49. The Morgan fingerprint density at radius 2 is 1.72 bits per heavy atom. The van der Waals surface area contributed by atoms with Gasteiger partial charge >= 0.3 is 0 Å². The quantitative estimate of drug-likeness (QED) is 0.687. The molecule has 1 heterocycles. The summed E-state index contributed by atoms with van der Waals surface area (Å²) in [5.74, 6) is 0.646. The standard InChI is InChI=1S/C14H9FN2O/c15-11-5-7-12(8-6-11)18-14-13-4-2-1-3-10(13)9-16-17-14/h1-9H. The topological polar surface area (TPSA) is 35.0 Å². The highest BCUT2D eigenvalue weighted by atomic mass is 19.1. The predicted octanol–water partition coefficient (Wildman–Crippen LogP) is 3.56. The summed E-state index contributed by atoms with van der Waals surface area (Å²) in [6.07, 6.45) is 1.67. The molecule has 0 atom stereocenters. The maximum absolute atomic E-state index is 12.8. The fourth-order valence-electron chi connectivity index (χ4n) is 1.69. The molecule has 3 nitrogen and oxygen atoms in total. The summed E-state index contributed by atoms with van der Waals surface area (Å²) in [6.45, 7) is 0. The molecule has 0 aliphatic heterocycles. The van der Waals surface area contributed by atoms with Crippen LogP contribution in [0.25, 0.3) is 10.8 Å². The second-order valence-electron chi connectivity index (χ2n) is 3.79. The van der Waals surface area contributed by atoms with E-state index in [0.29, 0.717) is 11.6 Å². The summed E-state index contributed by atoms with van der Waals surface area (Å²) in [6, 6.07) is 13.5. The molecule has 0 radical (unpaired) electrons. The third-order valence-corrected chi connectivity index (χ3v) is 2.56. The van der Waals surface area contributed by atoms with Gasteiger partial charge in [0.2, 0.25) is 5.88 Å². The number of halogens is 1. The fourth-order valence-corrected chi connectivity index (χ4v) is 1.69. The highest BCUT2D eigenvalue weighted by molar-refractivity contribution is 5.85. The van der Waals surface area contributed by atoms with Gasteiger partial charge in [0.15, 0.2) is 0 Å². The Kier molecular flexibility index (Phi) is 2.61. The predicted molar refractivity (Wildman–Crippen MR) is 66.0 cm³/mol. The number of fused-ring (bicyclic) bond motifs is 1. The van der Waals surface area contributed by atoms with E-state index in [1.807, 2.05) is 24.3 Å². The lowest BCUT2D eigenvalue weighted by Crippen LogP contribution is -1.91. The molecule has 2 aromatic carbocycles. The minimum absolute atomic E-state index is 0.300. The number of aromatic nitrogens is 2. The van der Waals surface area contributed by atoms with Gasteiger partial charge in [0.25, 0.3) is 0 Å². The number of rotatable bonds is 2. The molecule has 88 valence electrons. The molecule has 0 saturated carbocycles. The van der Waals surface area contributed by atoms with E-state index >= 15 is 0 Å². The van der Waals surface area contributed by atoms with E-state index in [0.717, 1.165) is 10.8 Å². The lowest BCUT2D eigenvalue weighted by Gasteiger charge is -2.06. The Bertz CT molecular complexity index is 677. The molecule has 4 heteroatoms. The van der Waals surface area contributed by atoms with Crippen LogP contribution in [0.2, 0.25) is 0 Å². The Morgan fingerprint density at radius 1 is 0.944 bits per heavy atom. The van der Waals surface area contributed by atoms with Gasteiger partial charge in [-0.05, 0) is 30.3 Å². The Labute approximate surface area is 103 Å². The van der Waals surface area contributed by atoms with Crippen LogP contribution in [0.1, 0.15) is 0 Å². The monoisotopic (exact) mass is 240 g/mol. The average molecular weight is 240 g/mol. The normalized spacial score (nSPS) is 10.5. The van der Waals surface area contributed by atoms with Crippen LogP contribution in [-0.4, -0.2) is 10.2 Å². The number of ether oxygens (including phenoxy) is 1. The molecule has 0 fully saturated rings. The third-order valence-electron chi connectivity index (χ3n) is 2.56. The van der Waals surface area contributed by atoms with Gasteiger partial charge in [-0.25, -0.2) is 4.39 Å². The zero-order valence-electron chi connectivity index (χ0n) is 9.38. The maximum Gasteiger partial charge on any atom is 0.246 e. The van der Waals surface area contributed by atoms with Gasteiger partial charge in [0.1, 0.15) is 11.6 Å². The lowest BCUT2D eigenvalue weighted by molar-refractivity contribution is 0.460. The van der Waals surface area contributed by atoms with Crippen LogP contribution >= 0.6 is 0 Å². The molecule has 0 aliphatic carbocycles. The van der Waals surface area contributed by atoms with Crippen molar-refractivity contribution >= 4 is 10.8 Å². The minimum Gasteiger partial charge on any atom is -0.437 e. The molecule has 0 amide bonds. The van der Waals surface area contributed by atoms with Crippen molar-refractivity contribution in [1.29, 1.82) is 0 Å². The van der Waals surface area contributed by atoms with Crippen LogP contribution in [0.5, 0.6) is 11.6 Å². The number of hydrogen-bond acceptors (Lipinski definition) is 3. The molecule has 0 aliphatic rings. The van der Waals surface area contributed by atoms with Gasteiger partial charge in [-0.1, -0.05) is 18.2 Å². The lowest BCUT2D eigenvalue weighted by atomic mass is 10.2. The van der Waals surface area contributed by atoms with Crippen molar-refractivity contribution in [3.8, 4) is 11.6 Å². The second-order valence-corrected chi connectivity index (χ2v) is 3.79. The molecular formula is C14H9FN2O. The van der Waals surface area contributed by atoms with Gasteiger partial charge < -0.3 is 4.74 Å². The second kappa shape index (κ2) is 4.41. The molecule has 1 aromatic heterocycles. The van der Waals surface area contributed by atoms with Gasteiger partial charge in [0, 0.05) is 10.8 Å². The Balaban J connectivity index is 2.02. The van der Waals surface area contributed by atoms with E-state index in [4.69, 9.17) is 4.74 Å². The van der Waals surface area contributed by atoms with Crippen LogP contribution in [-0.2, 0) is 0 Å². The number of hydrogen-bond donors (Lipinski definition) is 0. The molecule has 0 unspecified atom stereocenters. The van der Waals surface area contributed by atoms with E-state index < -0.39 is 0 Å².